The Labute approximate surface area is 154 Å². The number of fused-ring (bicyclic) bond motifs is 5. The molecule has 1 unspecified atom stereocenters. The molecule has 1 aromatic heterocycles. The van der Waals surface area contributed by atoms with E-state index in [0.29, 0.717) is 10.7 Å². The molecular formula is C19H16ClNO3S. The van der Waals surface area contributed by atoms with E-state index in [0.717, 1.165) is 28.3 Å². The molecule has 5 atom stereocenters. The maximum Gasteiger partial charge on any atom is 0.155 e. The molecule has 2 aliphatic heterocycles. The van der Waals surface area contributed by atoms with Gasteiger partial charge in [-0.3, -0.25) is 9.59 Å². The van der Waals surface area contributed by atoms with E-state index in [1.165, 1.54) is 11.3 Å². The Hall–Kier alpha value is -1.56. The van der Waals surface area contributed by atoms with Gasteiger partial charge in [0.05, 0.1) is 29.7 Å². The molecule has 3 aliphatic rings. The fourth-order valence-electron chi connectivity index (χ4n) is 4.59. The fourth-order valence-corrected chi connectivity index (χ4v) is 5.67. The quantitative estimate of drug-likeness (QED) is 0.751. The SMILES string of the molecule is Cc1sc(-c2ccc(Cl)cc2)nc1C1C(=O)[C@@H]2[C@H](C1=O)[C@H]1CC[C@@H]2O1. The molecule has 3 fully saturated rings. The number of nitrogens with zero attached hydrogens (tertiary/aromatic N) is 1. The highest BCUT2D eigenvalue weighted by Gasteiger charge is 2.63. The number of ether oxygens (including phenoxy) is 1. The predicted octanol–water partition coefficient (Wildman–Crippen LogP) is 3.80. The number of carbonyl (C=O) groups excluding carboxylic acids is 2. The topological polar surface area (TPSA) is 56.3 Å². The standard InChI is InChI=1S/C19H16ClNO3S/c1-8-16(21-19(25-8)9-2-4-10(20)5-3-9)15-17(22)13-11-6-7-12(24-11)14(13)18(15)23/h2-5,11-15H,6-7H2,1H3/t11-,12+,13-,14+,15?. The van der Waals surface area contributed by atoms with Gasteiger partial charge < -0.3 is 4.74 Å². The molecule has 2 bridgehead atoms. The van der Waals surface area contributed by atoms with Crippen molar-refractivity contribution in [1.29, 1.82) is 0 Å². The van der Waals surface area contributed by atoms with Crippen LogP contribution in [0.5, 0.6) is 0 Å². The van der Waals surface area contributed by atoms with E-state index in [1.807, 2.05) is 31.2 Å². The minimum atomic E-state index is -0.709. The summed E-state index contributed by atoms with van der Waals surface area (Å²) in [5, 5.41) is 1.49. The first-order valence-corrected chi connectivity index (χ1v) is 9.70. The lowest BCUT2D eigenvalue weighted by Gasteiger charge is -2.16. The fraction of sp³-hybridized carbons (Fsp3) is 0.421. The molecule has 1 aromatic carbocycles. The summed E-state index contributed by atoms with van der Waals surface area (Å²) in [6, 6.07) is 7.45. The Morgan fingerprint density at radius 2 is 1.68 bits per heavy atom. The smallest absolute Gasteiger partial charge is 0.155 e. The largest absolute Gasteiger partial charge is 0.373 e. The maximum atomic E-state index is 13.0. The number of aryl methyl sites for hydroxylation is 1. The zero-order chi connectivity index (χ0) is 17.3. The van der Waals surface area contributed by atoms with E-state index < -0.39 is 5.92 Å². The van der Waals surface area contributed by atoms with Gasteiger partial charge in [0.15, 0.2) is 11.6 Å². The number of benzene rings is 1. The minimum Gasteiger partial charge on any atom is -0.373 e. The molecule has 2 aromatic rings. The maximum absolute atomic E-state index is 13.0. The highest BCUT2D eigenvalue weighted by Crippen LogP contribution is 2.52. The number of aromatic nitrogens is 1. The number of ketones is 2. The Balaban J connectivity index is 1.53. The number of halogens is 1. The van der Waals surface area contributed by atoms with Crippen molar-refractivity contribution in [2.24, 2.45) is 11.8 Å². The summed E-state index contributed by atoms with van der Waals surface area (Å²) in [5.41, 5.74) is 1.59. The van der Waals surface area contributed by atoms with Gasteiger partial charge in [-0.05, 0) is 31.9 Å². The van der Waals surface area contributed by atoms with Gasteiger partial charge in [0.25, 0.3) is 0 Å². The molecular weight excluding hydrogens is 358 g/mol. The lowest BCUT2D eigenvalue weighted by Crippen LogP contribution is -2.29. The summed E-state index contributed by atoms with van der Waals surface area (Å²) in [7, 11) is 0. The first-order valence-electron chi connectivity index (χ1n) is 8.51. The lowest BCUT2D eigenvalue weighted by molar-refractivity contribution is -0.127. The molecule has 6 heteroatoms. The van der Waals surface area contributed by atoms with Gasteiger partial charge in [0.1, 0.15) is 10.9 Å². The van der Waals surface area contributed by atoms with Gasteiger partial charge in [-0.25, -0.2) is 4.98 Å². The average Bonchev–Trinajstić information content (AvgIpc) is 3.33. The Bertz CT molecular complexity index is 863. The van der Waals surface area contributed by atoms with Gasteiger partial charge in [-0.1, -0.05) is 23.7 Å². The molecule has 0 amide bonds. The number of carbonyl (C=O) groups is 2. The molecule has 25 heavy (non-hydrogen) atoms. The molecule has 0 spiro atoms. The van der Waals surface area contributed by atoms with Gasteiger partial charge in [0.2, 0.25) is 0 Å². The minimum absolute atomic E-state index is 0.0123. The Kier molecular flexibility index (Phi) is 3.43. The van der Waals surface area contributed by atoms with Crippen molar-refractivity contribution in [2.75, 3.05) is 0 Å². The van der Waals surface area contributed by atoms with Crippen LogP contribution in [0.25, 0.3) is 10.6 Å². The van der Waals surface area contributed by atoms with E-state index in [1.54, 1.807) is 0 Å². The van der Waals surface area contributed by atoms with Gasteiger partial charge in [-0.15, -0.1) is 11.3 Å². The van der Waals surface area contributed by atoms with Crippen molar-refractivity contribution < 1.29 is 14.3 Å². The number of rotatable bonds is 2. The summed E-state index contributed by atoms with van der Waals surface area (Å²) in [6.07, 6.45) is 1.66. The molecule has 1 saturated carbocycles. The zero-order valence-corrected chi connectivity index (χ0v) is 15.1. The van der Waals surface area contributed by atoms with Crippen LogP contribution in [0.2, 0.25) is 5.02 Å². The van der Waals surface area contributed by atoms with Gasteiger partial charge in [-0.2, -0.15) is 0 Å². The van der Waals surface area contributed by atoms with E-state index in [9.17, 15) is 9.59 Å². The van der Waals surface area contributed by atoms with Crippen LogP contribution >= 0.6 is 22.9 Å². The summed E-state index contributed by atoms with van der Waals surface area (Å²) in [4.78, 5) is 31.6. The third-order valence-corrected chi connectivity index (χ3v) is 6.98. The first-order chi connectivity index (χ1) is 12.0. The van der Waals surface area contributed by atoms with Crippen molar-refractivity contribution in [3.63, 3.8) is 0 Å². The van der Waals surface area contributed by atoms with E-state index in [2.05, 4.69) is 4.98 Å². The van der Waals surface area contributed by atoms with Gasteiger partial charge in [0, 0.05) is 15.5 Å². The molecule has 0 radical (unpaired) electrons. The lowest BCUT2D eigenvalue weighted by atomic mass is 9.81. The first kappa shape index (κ1) is 15.7. The van der Waals surface area contributed by atoms with Crippen LogP contribution in [0.4, 0.5) is 0 Å². The van der Waals surface area contributed by atoms with Crippen LogP contribution in [0.15, 0.2) is 24.3 Å². The summed E-state index contributed by atoms with van der Waals surface area (Å²) in [6.45, 7) is 1.94. The van der Waals surface area contributed by atoms with Crippen LogP contribution in [0.1, 0.15) is 29.3 Å². The second kappa shape index (κ2) is 5.47. The molecule has 3 heterocycles. The highest BCUT2D eigenvalue weighted by molar-refractivity contribution is 7.15. The third-order valence-electron chi connectivity index (χ3n) is 5.70. The average molecular weight is 374 g/mol. The Morgan fingerprint density at radius 3 is 2.28 bits per heavy atom. The van der Waals surface area contributed by atoms with Crippen LogP contribution in [-0.4, -0.2) is 28.8 Å². The normalized spacial score (nSPS) is 33.3. The molecule has 1 aliphatic carbocycles. The number of thiazole rings is 1. The number of hydrogen-bond acceptors (Lipinski definition) is 5. The van der Waals surface area contributed by atoms with Crippen molar-refractivity contribution >= 4 is 34.5 Å². The van der Waals surface area contributed by atoms with E-state index in [-0.39, 0.29) is 35.6 Å². The molecule has 0 N–H and O–H groups in total. The number of Topliss-reactive ketones (excluding diaryl/α,β-unsaturated/α-hetero) is 2. The van der Waals surface area contributed by atoms with Crippen molar-refractivity contribution in [3.8, 4) is 10.6 Å². The van der Waals surface area contributed by atoms with Crippen LogP contribution < -0.4 is 0 Å². The van der Waals surface area contributed by atoms with Crippen LogP contribution in [0, 0.1) is 18.8 Å². The highest BCUT2D eigenvalue weighted by atomic mass is 35.5. The second-order valence-electron chi connectivity index (χ2n) is 7.05. The van der Waals surface area contributed by atoms with Gasteiger partial charge >= 0.3 is 0 Å². The number of hydrogen-bond donors (Lipinski definition) is 0. The van der Waals surface area contributed by atoms with Crippen molar-refractivity contribution in [2.45, 2.75) is 37.9 Å². The summed E-state index contributed by atoms with van der Waals surface area (Å²) >= 11 is 7.47. The summed E-state index contributed by atoms with van der Waals surface area (Å²) in [5.74, 6) is -1.19. The van der Waals surface area contributed by atoms with E-state index >= 15 is 0 Å². The zero-order valence-electron chi connectivity index (χ0n) is 13.6. The second-order valence-corrected chi connectivity index (χ2v) is 8.69. The molecule has 5 rings (SSSR count). The van der Waals surface area contributed by atoms with Crippen molar-refractivity contribution in [3.05, 3.63) is 39.9 Å². The van der Waals surface area contributed by atoms with Crippen LogP contribution in [0.3, 0.4) is 0 Å². The molecule has 4 nitrogen and oxygen atoms in total. The van der Waals surface area contributed by atoms with E-state index in [4.69, 9.17) is 16.3 Å². The Morgan fingerprint density at radius 1 is 1.08 bits per heavy atom. The van der Waals surface area contributed by atoms with Crippen molar-refractivity contribution in [1.82, 2.24) is 4.98 Å². The summed E-state index contributed by atoms with van der Waals surface area (Å²) < 4.78 is 5.81. The third kappa shape index (κ3) is 2.19. The predicted molar refractivity (Wildman–Crippen MR) is 94.9 cm³/mol. The molecule has 2 saturated heterocycles. The monoisotopic (exact) mass is 373 g/mol. The van der Waals surface area contributed by atoms with Crippen LogP contribution in [-0.2, 0) is 14.3 Å². The molecule has 128 valence electrons.